The average Bonchev–Trinajstić information content (AvgIpc) is 2.30. The van der Waals surface area contributed by atoms with Crippen LogP contribution < -0.4 is 4.90 Å². The summed E-state index contributed by atoms with van der Waals surface area (Å²) < 4.78 is 0. The first-order valence-electron chi connectivity index (χ1n) is 4.26. The van der Waals surface area contributed by atoms with E-state index in [1.54, 1.807) is 35.6 Å². The van der Waals surface area contributed by atoms with Crippen LogP contribution in [-0.2, 0) is 0 Å². The smallest absolute Gasteiger partial charge is 0.156 e. The highest BCUT2D eigenvalue weighted by molar-refractivity contribution is 6.29. The molecule has 2 aromatic rings. The summed E-state index contributed by atoms with van der Waals surface area (Å²) in [5, 5.41) is 8.05. The molecule has 0 aliphatic heterocycles. The van der Waals surface area contributed by atoms with Gasteiger partial charge in [0.2, 0.25) is 0 Å². The Morgan fingerprint density at radius 2 is 2.00 bits per heavy atom. The fourth-order valence-corrected chi connectivity index (χ4v) is 1.17. The fourth-order valence-electron chi connectivity index (χ4n) is 1.07. The van der Waals surface area contributed by atoms with Crippen LogP contribution in [0.3, 0.4) is 0 Å². The number of hydrogen-bond acceptors (Lipinski definition) is 5. The number of hydrogen-bond donors (Lipinski definition) is 0. The van der Waals surface area contributed by atoms with Crippen LogP contribution in [0.4, 0.5) is 11.6 Å². The van der Waals surface area contributed by atoms with E-state index < -0.39 is 0 Å². The van der Waals surface area contributed by atoms with Gasteiger partial charge in [-0.2, -0.15) is 0 Å². The van der Waals surface area contributed by atoms with Crippen LogP contribution in [0.5, 0.6) is 0 Å². The van der Waals surface area contributed by atoms with Crippen molar-refractivity contribution in [2.24, 2.45) is 0 Å². The molecule has 0 bridgehead atoms. The molecule has 0 N–H and O–H groups in total. The molecule has 0 spiro atoms. The third-order valence-electron chi connectivity index (χ3n) is 1.85. The topological polar surface area (TPSA) is 54.8 Å². The lowest BCUT2D eigenvalue weighted by Crippen LogP contribution is -2.13. The fraction of sp³-hybridized carbons (Fsp3) is 0.111. The SMILES string of the molecule is CN(c1cnccn1)c1ccc(Cl)nn1. The van der Waals surface area contributed by atoms with Crippen LogP contribution in [0.25, 0.3) is 0 Å². The lowest BCUT2D eigenvalue weighted by Gasteiger charge is -2.15. The van der Waals surface area contributed by atoms with Gasteiger partial charge in [-0.3, -0.25) is 4.98 Å². The maximum Gasteiger partial charge on any atom is 0.156 e. The predicted molar refractivity (Wildman–Crippen MR) is 57.1 cm³/mol. The Bertz CT molecular complexity index is 430. The molecule has 15 heavy (non-hydrogen) atoms. The largest absolute Gasteiger partial charge is 0.311 e. The molecule has 5 nitrogen and oxygen atoms in total. The molecule has 0 saturated carbocycles. The van der Waals surface area contributed by atoms with Crippen molar-refractivity contribution in [3.8, 4) is 0 Å². The Morgan fingerprint density at radius 3 is 2.60 bits per heavy atom. The molecule has 0 aliphatic carbocycles. The number of rotatable bonds is 2. The molecule has 2 rings (SSSR count). The van der Waals surface area contributed by atoms with Crippen LogP contribution in [-0.4, -0.2) is 27.2 Å². The first-order valence-corrected chi connectivity index (χ1v) is 4.64. The molecule has 0 amide bonds. The minimum Gasteiger partial charge on any atom is -0.311 e. The van der Waals surface area contributed by atoms with E-state index in [0.29, 0.717) is 16.8 Å². The summed E-state index contributed by atoms with van der Waals surface area (Å²) in [7, 11) is 1.84. The van der Waals surface area contributed by atoms with Crippen molar-refractivity contribution in [2.75, 3.05) is 11.9 Å². The summed E-state index contributed by atoms with van der Waals surface area (Å²) in [4.78, 5) is 9.88. The summed E-state index contributed by atoms with van der Waals surface area (Å²) in [5.41, 5.74) is 0. The van der Waals surface area contributed by atoms with Gasteiger partial charge in [0.1, 0.15) is 0 Å². The van der Waals surface area contributed by atoms with Crippen LogP contribution >= 0.6 is 11.6 Å². The third kappa shape index (κ3) is 2.19. The molecule has 0 saturated heterocycles. The summed E-state index contributed by atoms with van der Waals surface area (Å²) >= 11 is 5.64. The highest BCUT2D eigenvalue weighted by Gasteiger charge is 2.06. The Balaban J connectivity index is 2.29. The van der Waals surface area contributed by atoms with Gasteiger partial charge in [-0.15, -0.1) is 10.2 Å². The van der Waals surface area contributed by atoms with E-state index in [2.05, 4.69) is 20.2 Å². The highest BCUT2D eigenvalue weighted by Crippen LogP contribution is 2.17. The summed E-state index contributed by atoms with van der Waals surface area (Å²) in [6.45, 7) is 0. The standard InChI is InChI=1S/C9H8ClN5/c1-15(9-6-11-4-5-12-9)8-3-2-7(10)13-14-8/h2-6H,1H3. The maximum absolute atomic E-state index is 5.64. The lowest BCUT2D eigenvalue weighted by molar-refractivity contribution is 0.969. The van der Waals surface area contributed by atoms with Crippen LogP contribution in [0.15, 0.2) is 30.7 Å². The number of nitrogens with zero attached hydrogens (tertiary/aromatic N) is 5. The average molecular weight is 222 g/mol. The zero-order valence-electron chi connectivity index (χ0n) is 8.00. The van der Waals surface area contributed by atoms with Gasteiger partial charge >= 0.3 is 0 Å². The van der Waals surface area contributed by atoms with Crippen LogP contribution in [0.2, 0.25) is 5.15 Å². The second-order valence-corrected chi connectivity index (χ2v) is 3.22. The van der Waals surface area contributed by atoms with Gasteiger partial charge in [0.05, 0.1) is 6.20 Å². The van der Waals surface area contributed by atoms with Gasteiger partial charge in [-0.25, -0.2) is 4.98 Å². The molecule has 0 aliphatic rings. The minimum absolute atomic E-state index is 0.367. The van der Waals surface area contributed by atoms with Gasteiger partial charge in [-0.05, 0) is 12.1 Å². The molecule has 0 unspecified atom stereocenters. The van der Waals surface area contributed by atoms with Crippen molar-refractivity contribution in [1.29, 1.82) is 0 Å². The molecule has 2 heterocycles. The second-order valence-electron chi connectivity index (χ2n) is 2.84. The van der Waals surface area contributed by atoms with Crippen LogP contribution in [0, 0.1) is 0 Å². The van der Waals surface area contributed by atoms with E-state index in [1.165, 1.54) is 0 Å². The molecular weight excluding hydrogens is 214 g/mol. The van der Waals surface area contributed by atoms with Gasteiger partial charge in [-0.1, -0.05) is 11.6 Å². The van der Waals surface area contributed by atoms with Crippen molar-refractivity contribution < 1.29 is 0 Å². The van der Waals surface area contributed by atoms with Crippen molar-refractivity contribution in [3.05, 3.63) is 35.9 Å². The van der Waals surface area contributed by atoms with Crippen molar-refractivity contribution in [3.63, 3.8) is 0 Å². The Kier molecular flexibility index (Phi) is 2.73. The van der Waals surface area contributed by atoms with Crippen molar-refractivity contribution in [1.82, 2.24) is 20.2 Å². The monoisotopic (exact) mass is 221 g/mol. The molecule has 0 fully saturated rings. The predicted octanol–water partition coefficient (Wildman–Crippen LogP) is 1.69. The molecule has 0 radical (unpaired) electrons. The maximum atomic E-state index is 5.64. The molecular formula is C9H8ClN5. The van der Waals surface area contributed by atoms with E-state index in [1.807, 2.05) is 7.05 Å². The summed E-state index contributed by atoms with van der Waals surface area (Å²) in [6.07, 6.45) is 4.89. The second kappa shape index (κ2) is 4.18. The zero-order chi connectivity index (χ0) is 10.7. The molecule has 0 atom stereocenters. The number of halogens is 1. The molecule has 6 heteroatoms. The van der Waals surface area contributed by atoms with Gasteiger partial charge in [0.15, 0.2) is 16.8 Å². The van der Waals surface area contributed by atoms with E-state index >= 15 is 0 Å². The van der Waals surface area contributed by atoms with Gasteiger partial charge < -0.3 is 4.90 Å². The van der Waals surface area contributed by atoms with Gasteiger partial charge in [0.25, 0.3) is 0 Å². The molecule has 2 aromatic heterocycles. The van der Waals surface area contributed by atoms with E-state index in [4.69, 9.17) is 11.6 Å². The zero-order valence-corrected chi connectivity index (χ0v) is 8.76. The lowest BCUT2D eigenvalue weighted by atomic mass is 10.5. The molecule has 76 valence electrons. The van der Waals surface area contributed by atoms with Gasteiger partial charge in [0, 0.05) is 19.4 Å². The Labute approximate surface area is 91.8 Å². The third-order valence-corrected chi connectivity index (χ3v) is 2.06. The number of anilines is 2. The van der Waals surface area contributed by atoms with Crippen molar-refractivity contribution in [2.45, 2.75) is 0 Å². The normalized spacial score (nSPS) is 10.0. The Hall–Kier alpha value is -1.75. The quantitative estimate of drug-likeness (QED) is 0.773. The van der Waals surface area contributed by atoms with E-state index in [-0.39, 0.29) is 0 Å². The molecule has 0 aromatic carbocycles. The summed E-state index contributed by atoms with van der Waals surface area (Å²) in [6, 6.07) is 3.45. The first-order chi connectivity index (χ1) is 7.27. The highest BCUT2D eigenvalue weighted by atomic mass is 35.5. The Morgan fingerprint density at radius 1 is 1.13 bits per heavy atom. The van der Waals surface area contributed by atoms with E-state index in [0.717, 1.165) is 0 Å². The van der Waals surface area contributed by atoms with Crippen LogP contribution in [0.1, 0.15) is 0 Å². The first kappa shape index (κ1) is 9.79. The minimum atomic E-state index is 0.367. The number of aromatic nitrogens is 4. The summed E-state index contributed by atoms with van der Waals surface area (Å²) in [5.74, 6) is 1.37. The van der Waals surface area contributed by atoms with Crippen molar-refractivity contribution >= 4 is 23.2 Å². The van der Waals surface area contributed by atoms with E-state index in [9.17, 15) is 0 Å².